The first-order valence-corrected chi connectivity index (χ1v) is 15.4. The zero-order valence-electron chi connectivity index (χ0n) is 25.3. The summed E-state index contributed by atoms with van der Waals surface area (Å²) in [6.07, 6.45) is 0.871. The van der Waals surface area contributed by atoms with Crippen molar-refractivity contribution in [3.8, 4) is 67.0 Å². The molecule has 7 aromatic rings. The lowest BCUT2D eigenvalue weighted by Crippen LogP contribution is -2.05. The van der Waals surface area contributed by atoms with Crippen molar-refractivity contribution in [2.45, 2.75) is 20.3 Å². The molecule has 0 amide bonds. The number of benzene rings is 6. The maximum absolute atomic E-state index is 4.88. The molecular formula is C42H31N3. The molecule has 6 aromatic carbocycles. The van der Waals surface area contributed by atoms with Crippen LogP contribution in [0, 0.1) is 13.8 Å². The van der Waals surface area contributed by atoms with Crippen molar-refractivity contribution in [3.63, 3.8) is 0 Å². The molecule has 1 heterocycles. The molecule has 214 valence electrons. The summed E-state index contributed by atoms with van der Waals surface area (Å²) in [5.41, 5.74) is 18.4. The minimum atomic E-state index is 0.842. The molecular weight excluding hydrogens is 546 g/mol. The zero-order chi connectivity index (χ0) is 30.3. The van der Waals surface area contributed by atoms with Gasteiger partial charge < -0.3 is 0 Å². The molecule has 0 saturated heterocycles. The average Bonchev–Trinajstić information content (AvgIpc) is 3.47. The van der Waals surface area contributed by atoms with E-state index in [-0.39, 0.29) is 0 Å². The molecule has 0 aliphatic heterocycles. The minimum absolute atomic E-state index is 0.842. The Morgan fingerprint density at radius 3 is 1.69 bits per heavy atom. The van der Waals surface area contributed by atoms with Crippen LogP contribution < -0.4 is 0 Å². The first-order valence-electron chi connectivity index (χ1n) is 15.4. The Morgan fingerprint density at radius 2 is 0.978 bits per heavy atom. The van der Waals surface area contributed by atoms with Gasteiger partial charge in [-0.05, 0) is 86.7 Å². The summed E-state index contributed by atoms with van der Waals surface area (Å²) in [5.74, 6) is 0. The predicted molar refractivity (Wildman–Crippen MR) is 185 cm³/mol. The summed E-state index contributed by atoms with van der Waals surface area (Å²) in [7, 11) is 0. The first kappa shape index (κ1) is 26.9. The fourth-order valence-electron chi connectivity index (χ4n) is 6.92. The molecule has 3 heteroatoms. The molecule has 8 rings (SSSR count). The minimum Gasteiger partial charge on any atom is -0.129 e. The number of hydrogen-bond donors (Lipinski definition) is 0. The van der Waals surface area contributed by atoms with Gasteiger partial charge in [-0.25, -0.2) is 0 Å². The van der Waals surface area contributed by atoms with Gasteiger partial charge in [-0.15, -0.1) is 10.2 Å². The Hall–Kier alpha value is -5.67. The number of aryl methyl sites for hydroxylation is 1. The fourth-order valence-corrected chi connectivity index (χ4v) is 6.92. The Labute approximate surface area is 263 Å². The molecule has 0 fully saturated rings. The van der Waals surface area contributed by atoms with E-state index in [1.165, 1.54) is 50.1 Å². The third kappa shape index (κ3) is 4.56. The number of nitrogens with zero attached hydrogens (tertiary/aromatic N) is 3. The summed E-state index contributed by atoms with van der Waals surface area (Å²) in [6, 6.07) is 49.3. The van der Waals surface area contributed by atoms with E-state index in [4.69, 9.17) is 10.2 Å². The fraction of sp³-hybridized carbons (Fsp3) is 0.0714. The van der Waals surface area contributed by atoms with Crippen molar-refractivity contribution in [3.05, 3.63) is 162 Å². The van der Waals surface area contributed by atoms with Gasteiger partial charge in [0.2, 0.25) is 0 Å². The van der Waals surface area contributed by atoms with Crippen molar-refractivity contribution in [2.75, 3.05) is 0 Å². The van der Waals surface area contributed by atoms with E-state index < -0.39 is 0 Å². The molecule has 0 atom stereocenters. The topological polar surface area (TPSA) is 38.7 Å². The molecule has 3 nitrogen and oxygen atoms in total. The Kier molecular flexibility index (Phi) is 6.65. The second kappa shape index (κ2) is 11.1. The second-order valence-corrected chi connectivity index (χ2v) is 11.7. The number of hydrogen-bond acceptors (Lipinski definition) is 3. The highest BCUT2D eigenvalue weighted by Gasteiger charge is 2.29. The summed E-state index contributed by atoms with van der Waals surface area (Å²) in [4.78, 5) is 0. The normalized spacial score (nSPS) is 11.7. The van der Waals surface area contributed by atoms with Crippen LogP contribution in [0.4, 0.5) is 0 Å². The summed E-state index contributed by atoms with van der Waals surface area (Å²) in [6.45, 7) is 4.46. The van der Waals surface area contributed by atoms with Crippen LogP contribution in [-0.4, -0.2) is 15.4 Å². The average molecular weight is 578 g/mol. The quantitative estimate of drug-likeness (QED) is 0.204. The van der Waals surface area contributed by atoms with Crippen LogP contribution in [0.15, 0.2) is 140 Å². The monoisotopic (exact) mass is 577 g/mol. The van der Waals surface area contributed by atoms with Crippen LogP contribution in [0.2, 0.25) is 0 Å². The number of fused-ring (bicyclic) bond motifs is 3. The van der Waals surface area contributed by atoms with Crippen molar-refractivity contribution >= 4 is 0 Å². The van der Waals surface area contributed by atoms with Gasteiger partial charge >= 0.3 is 0 Å². The van der Waals surface area contributed by atoms with Gasteiger partial charge in [0.15, 0.2) is 0 Å². The summed E-state index contributed by atoms with van der Waals surface area (Å²) in [5, 5.41) is 14.1. The van der Waals surface area contributed by atoms with Crippen molar-refractivity contribution in [1.29, 1.82) is 0 Å². The third-order valence-corrected chi connectivity index (χ3v) is 9.17. The summed E-state index contributed by atoms with van der Waals surface area (Å²) >= 11 is 0. The molecule has 0 spiro atoms. The van der Waals surface area contributed by atoms with Crippen LogP contribution in [0.1, 0.15) is 22.3 Å². The van der Waals surface area contributed by atoms with Crippen molar-refractivity contribution in [2.24, 2.45) is 0 Å². The van der Waals surface area contributed by atoms with Crippen molar-refractivity contribution < 1.29 is 0 Å². The lowest BCUT2D eigenvalue weighted by Gasteiger charge is -2.21. The van der Waals surface area contributed by atoms with Crippen LogP contribution in [0.25, 0.3) is 67.0 Å². The van der Waals surface area contributed by atoms with Gasteiger partial charge in [0.05, 0.1) is 0 Å². The molecule has 0 radical (unpaired) electrons. The van der Waals surface area contributed by atoms with Gasteiger partial charge in [0.25, 0.3) is 0 Å². The highest BCUT2D eigenvalue weighted by Crippen LogP contribution is 2.49. The maximum Gasteiger partial charge on any atom is 0.105 e. The molecule has 0 N–H and O–H groups in total. The van der Waals surface area contributed by atoms with Gasteiger partial charge in [-0.1, -0.05) is 140 Å². The van der Waals surface area contributed by atoms with E-state index in [0.29, 0.717) is 0 Å². The number of aromatic nitrogens is 3. The van der Waals surface area contributed by atoms with E-state index in [0.717, 1.165) is 45.6 Å². The van der Waals surface area contributed by atoms with Crippen LogP contribution in [0.5, 0.6) is 0 Å². The lowest BCUT2D eigenvalue weighted by atomic mass is 9.83. The summed E-state index contributed by atoms with van der Waals surface area (Å²) < 4.78 is 0. The van der Waals surface area contributed by atoms with Crippen molar-refractivity contribution in [1.82, 2.24) is 15.4 Å². The molecule has 0 saturated carbocycles. The maximum atomic E-state index is 4.88. The van der Waals surface area contributed by atoms with E-state index in [1.54, 1.807) is 0 Å². The van der Waals surface area contributed by atoms with Crippen LogP contribution >= 0.6 is 0 Å². The zero-order valence-corrected chi connectivity index (χ0v) is 25.3. The van der Waals surface area contributed by atoms with E-state index >= 15 is 0 Å². The highest BCUT2D eigenvalue weighted by atomic mass is 15.3. The van der Waals surface area contributed by atoms with E-state index in [2.05, 4.69) is 153 Å². The molecule has 1 aromatic heterocycles. The molecule has 0 unspecified atom stereocenters. The van der Waals surface area contributed by atoms with Crippen LogP contribution in [0.3, 0.4) is 0 Å². The number of rotatable bonds is 5. The van der Waals surface area contributed by atoms with Gasteiger partial charge in [-0.3, -0.25) is 0 Å². The van der Waals surface area contributed by atoms with Gasteiger partial charge in [0.1, 0.15) is 11.4 Å². The predicted octanol–water partition coefficient (Wildman–Crippen LogP) is 10.4. The highest BCUT2D eigenvalue weighted by molar-refractivity contribution is 6.00. The molecule has 1 aliphatic rings. The third-order valence-electron chi connectivity index (χ3n) is 9.17. The Bertz CT molecular complexity index is 2200. The molecule has 45 heavy (non-hydrogen) atoms. The lowest BCUT2D eigenvalue weighted by molar-refractivity contribution is 0.878. The van der Waals surface area contributed by atoms with Gasteiger partial charge in [0, 0.05) is 16.7 Å². The second-order valence-electron chi connectivity index (χ2n) is 11.7. The first-order chi connectivity index (χ1) is 22.2. The van der Waals surface area contributed by atoms with Crippen LogP contribution in [-0.2, 0) is 6.42 Å². The Balaban J connectivity index is 1.45. The standard InChI is InChI=1S/C42H31N3/c1-27-25-37-33-21-10-9-19-31(33)26-38(37)39(28(27)2)40-41(30-17-7-4-8-18-30)43-45-44-42(40)36-24-14-13-23-35(36)34-22-12-11-20-32(34)29-15-5-3-6-16-29/h3-25H,26H2,1-2H3. The molecule has 1 aliphatic carbocycles. The molecule has 0 bridgehead atoms. The Morgan fingerprint density at radius 1 is 0.444 bits per heavy atom. The van der Waals surface area contributed by atoms with E-state index in [1.807, 2.05) is 6.07 Å². The largest absolute Gasteiger partial charge is 0.129 e. The van der Waals surface area contributed by atoms with Gasteiger partial charge in [-0.2, -0.15) is 0 Å². The SMILES string of the molecule is Cc1cc2c(c(-c3c(-c4ccccc4)nnnc3-c3ccccc3-c3ccccc3-c3ccccc3)c1C)Cc1ccccc1-2. The van der Waals surface area contributed by atoms with E-state index in [9.17, 15) is 0 Å². The smallest absolute Gasteiger partial charge is 0.105 e.